The summed E-state index contributed by atoms with van der Waals surface area (Å²) in [7, 11) is -3.96. The number of sulfone groups is 1. The monoisotopic (exact) mass is 520 g/mol. The summed E-state index contributed by atoms with van der Waals surface area (Å²) in [5.41, 5.74) is -0.930. The highest BCUT2D eigenvalue weighted by Gasteiger charge is 2.44. The van der Waals surface area contributed by atoms with E-state index in [0.717, 1.165) is 12.1 Å². The summed E-state index contributed by atoms with van der Waals surface area (Å²) in [5.74, 6) is -1.15. The standard InChI is InChI=1S/C23H25F5N2O4S/c1-14-11-16(23(26,27)28)13-29-19(14)20(31)30-9-7-15(8-10-30)22(2,3)35(32,33)18-6-4-5-17(12-18)34-21(24)25/h4-6,11-13,15,21H,7-10H2,1-3H3. The molecule has 0 unspecified atom stereocenters. The number of nitrogens with zero attached hydrogens (tertiary/aromatic N) is 2. The number of amides is 1. The number of rotatable bonds is 6. The maximum absolute atomic E-state index is 13.4. The molecule has 0 saturated carbocycles. The summed E-state index contributed by atoms with van der Waals surface area (Å²) in [6, 6.07) is 5.80. The first-order valence-electron chi connectivity index (χ1n) is 10.8. The van der Waals surface area contributed by atoms with Gasteiger partial charge in [-0.2, -0.15) is 22.0 Å². The summed E-state index contributed by atoms with van der Waals surface area (Å²) in [6.45, 7) is 1.77. The Morgan fingerprint density at radius 2 is 1.77 bits per heavy atom. The molecule has 2 heterocycles. The maximum Gasteiger partial charge on any atom is 0.417 e. The fourth-order valence-electron chi connectivity index (χ4n) is 4.22. The third-order valence-corrected chi connectivity index (χ3v) is 9.00. The van der Waals surface area contributed by atoms with Crippen LogP contribution in [0.4, 0.5) is 22.0 Å². The van der Waals surface area contributed by atoms with Crippen molar-refractivity contribution in [1.29, 1.82) is 0 Å². The lowest BCUT2D eigenvalue weighted by atomic mass is 9.85. The van der Waals surface area contributed by atoms with Gasteiger partial charge in [0.1, 0.15) is 11.4 Å². The van der Waals surface area contributed by atoms with Crippen molar-refractivity contribution in [3.05, 3.63) is 53.3 Å². The van der Waals surface area contributed by atoms with Gasteiger partial charge in [0, 0.05) is 19.3 Å². The van der Waals surface area contributed by atoms with Crippen molar-refractivity contribution in [3.8, 4) is 5.75 Å². The van der Waals surface area contributed by atoms with Crippen LogP contribution in [0, 0.1) is 12.8 Å². The predicted molar refractivity (Wildman–Crippen MR) is 117 cm³/mol. The fraction of sp³-hybridized carbons (Fsp3) is 0.478. The van der Waals surface area contributed by atoms with Crippen LogP contribution >= 0.6 is 0 Å². The third kappa shape index (κ3) is 5.57. The largest absolute Gasteiger partial charge is 0.435 e. The van der Waals surface area contributed by atoms with Gasteiger partial charge < -0.3 is 9.64 Å². The lowest BCUT2D eigenvalue weighted by Gasteiger charge is -2.40. The molecule has 0 N–H and O–H groups in total. The Labute approximate surface area is 200 Å². The second-order valence-electron chi connectivity index (χ2n) is 8.91. The zero-order chi connectivity index (χ0) is 26.2. The number of carbonyl (C=O) groups is 1. The molecule has 1 aliphatic rings. The number of carbonyl (C=O) groups excluding carboxylic acids is 1. The van der Waals surface area contributed by atoms with Crippen LogP contribution in [-0.2, 0) is 16.0 Å². The molecule has 0 aliphatic carbocycles. The second kappa shape index (κ2) is 9.71. The number of ether oxygens (including phenoxy) is 1. The molecule has 1 aromatic heterocycles. The van der Waals surface area contributed by atoms with E-state index in [1.165, 1.54) is 30.0 Å². The summed E-state index contributed by atoms with van der Waals surface area (Å²) < 4.78 is 93.5. The SMILES string of the molecule is Cc1cc(C(F)(F)F)cnc1C(=O)N1CCC(C(C)(C)S(=O)(=O)c2cccc(OC(F)F)c2)CC1. The van der Waals surface area contributed by atoms with Gasteiger partial charge in [0.15, 0.2) is 9.84 Å². The molecular weight excluding hydrogens is 495 g/mol. The Kier molecular flexibility index (Phi) is 7.45. The van der Waals surface area contributed by atoms with Crippen molar-refractivity contribution in [3.63, 3.8) is 0 Å². The normalized spacial score (nSPS) is 16.0. The zero-order valence-corrected chi connectivity index (χ0v) is 20.1. The molecule has 0 atom stereocenters. The number of aryl methyl sites for hydroxylation is 1. The van der Waals surface area contributed by atoms with E-state index in [2.05, 4.69) is 9.72 Å². The Morgan fingerprint density at radius 1 is 1.14 bits per heavy atom. The van der Waals surface area contributed by atoms with Gasteiger partial charge in [-0.05, 0) is 69.4 Å². The van der Waals surface area contributed by atoms with Crippen LogP contribution in [-0.4, -0.2) is 48.7 Å². The van der Waals surface area contributed by atoms with Crippen molar-refractivity contribution in [2.75, 3.05) is 13.1 Å². The van der Waals surface area contributed by atoms with Gasteiger partial charge in [0.25, 0.3) is 5.91 Å². The number of pyridine rings is 1. The molecule has 35 heavy (non-hydrogen) atoms. The number of halogens is 5. The first-order chi connectivity index (χ1) is 16.1. The van der Waals surface area contributed by atoms with E-state index in [4.69, 9.17) is 0 Å². The zero-order valence-electron chi connectivity index (χ0n) is 19.3. The maximum atomic E-state index is 13.4. The highest BCUT2D eigenvalue weighted by Crippen LogP contribution is 2.39. The lowest BCUT2D eigenvalue weighted by Crippen LogP contribution is -2.47. The summed E-state index contributed by atoms with van der Waals surface area (Å²) in [4.78, 5) is 17.9. The highest BCUT2D eigenvalue weighted by molar-refractivity contribution is 7.92. The van der Waals surface area contributed by atoms with Crippen LogP contribution in [0.15, 0.2) is 41.4 Å². The molecule has 0 radical (unpaired) electrons. The summed E-state index contributed by atoms with van der Waals surface area (Å²) in [6.07, 6.45) is -3.30. The van der Waals surface area contributed by atoms with E-state index in [0.29, 0.717) is 19.0 Å². The number of alkyl halides is 5. The van der Waals surface area contributed by atoms with E-state index in [1.54, 1.807) is 13.8 Å². The third-order valence-electron chi connectivity index (χ3n) is 6.41. The molecule has 1 saturated heterocycles. The van der Waals surface area contributed by atoms with Crippen LogP contribution in [0.25, 0.3) is 0 Å². The molecule has 12 heteroatoms. The molecule has 1 aliphatic heterocycles. The Hall–Kier alpha value is -2.76. The minimum atomic E-state index is -4.57. The van der Waals surface area contributed by atoms with Crippen LogP contribution in [0.1, 0.15) is 48.3 Å². The van der Waals surface area contributed by atoms with Crippen LogP contribution in [0.2, 0.25) is 0 Å². The number of likely N-dealkylation sites (tertiary alicyclic amines) is 1. The summed E-state index contributed by atoms with van der Waals surface area (Å²) >= 11 is 0. The van der Waals surface area contributed by atoms with E-state index in [-0.39, 0.29) is 40.9 Å². The van der Waals surface area contributed by atoms with Crippen molar-refractivity contribution >= 4 is 15.7 Å². The van der Waals surface area contributed by atoms with E-state index < -0.39 is 38.8 Å². The number of piperidine rings is 1. The molecule has 1 amide bonds. The van der Waals surface area contributed by atoms with Gasteiger partial charge in [0.05, 0.1) is 15.2 Å². The second-order valence-corrected chi connectivity index (χ2v) is 11.4. The Morgan fingerprint density at radius 3 is 2.31 bits per heavy atom. The first kappa shape index (κ1) is 26.8. The number of benzene rings is 1. The van der Waals surface area contributed by atoms with Gasteiger partial charge >= 0.3 is 12.8 Å². The minimum Gasteiger partial charge on any atom is -0.435 e. The quantitative estimate of drug-likeness (QED) is 0.495. The number of aromatic nitrogens is 1. The molecular formula is C23H25F5N2O4S. The Bertz CT molecular complexity index is 1190. The van der Waals surface area contributed by atoms with Crippen molar-refractivity contribution in [1.82, 2.24) is 9.88 Å². The topological polar surface area (TPSA) is 76.6 Å². The predicted octanol–water partition coefficient (Wildman–Crippen LogP) is 5.11. The molecule has 1 aromatic carbocycles. The minimum absolute atomic E-state index is 0.0841. The highest BCUT2D eigenvalue weighted by atomic mass is 32.2. The molecule has 192 valence electrons. The average Bonchev–Trinajstić information content (AvgIpc) is 2.77. The lowest BCUT2D eigenvalue weighted by molar-refractivity contribution is -0.137. The van der Waals surface area contributed by atoms with E-state index in [9.17, 15) is 35.2 Å². The van der Waals surface area contributed by atoms with Crippen molar-refractivity contribution in [2.45, 2.75) is 56.0 Å². The van der Waals surface area contributed by atoms with Gasteiger partial charge in [-0.1, -0.05) is 6.07 Å². The molecule has 0 bridgehead atoms. The van der Waals surface area contributed by atoms with Crippen LogP contribution < -0.4 is 4.74 Å². The molecule has 3 rings (SSSR count). The van der Waals surface area contributed by atoms with Gasteiger partial charge in [-0.25, -0.2) is 8.42 Å². The molecule has 6 nitrogen and oxygen atoms in total. The van der Waals surface area contributed by atoms with Crippen molar-refractivity contribution < 1.29 is 39.9 Å². The molecule has 2 aromatic rings. The number of hydrogen-bond donors (Lipinski definition) is 0. The Balaban J connectivity index is 1.73. The van der Waals surface area contributed by atoms with E-state index in [1.807, 2.05) is 0 Å². The average molecular weight is 521 g/mol. The smallest absolute Gasteiger partial charge is 0.417 e. The van der Waals surface area contributed by atoms with E-state index >= 15 is 0 Å². The van der Waals surface area contributed by atoms with Crippen molar-refractivity contribution in [2.24, 2.45) is 5.92 Å². The van der Waals surface area contributed by atoms with Gasteiger partial charge in [-0.15, -0.1) is 0 Å². The van der Waals surface area contributed by atoms with Gasteiger partial charge in [0.2, 0.25) is 0 Å². The summed E-state index contributed by atoms with van der Waals surface area (Å²) in [5, 5.41) is 0. The molecule has 1 fully saturated rings. The number of hydrogen-bond acceptors (Lipinski definition) is 5. The fourth-order valence-corrected chi connectivity index (χ4v) is 6.03. The van der Waals surface area contributed by atoms with Crippen LogP contribution in [0.3, 0.4) is 0 Å². The van der Waals surface area contributed by atoms with Crippen LogP contribution in [0.5, 0.6) is 5.75 Å². The first-order valence-corrected chi connectivity index (χ1v) is 12.3. The van der Waals surface area contributed by atoms with Gasteiger partial charge in [-0.3, -0.25) is 9.78 Å². The molecule has 0 spiro atoms.